The standard InChI is InChI=1S/C19H21FN2O3S/c1-12-4-5-13(2)18(10-12)26(24,25)21-17-8-9-22(19(17)23)15-6-7-16(20)14(3)11-15/h4-7,10-11,17,21H,8-9H2,1-3H3/t17-/m1/s1. The van der Waals surface area contributed by atoms with Gasteiger partial charge in [-0.1, -0.05) is 12.1 Å². The van der Waals surface area contributed by atoms with E-state index in [2.05, 4.69) is 4.72 Å². The molecule has 0 radical (unpaired) electrons. The normalized spacial score (nSPS) is 17.8. The smallest absolute Gasteiger partial charge is 0.245 e. The van der Waals surface area contributed by atoms with Crippen LogP contribution in [0.2, 0.25) is 0 Å². The van der Waals surface area contributed by atoms with Crippen LogP contribution < -0.4 is 9.62 Å². The Morgan fingerprint density at radius 2 is 1.81 bits per heavy atom. The van der Waals surface area contributed by atoms with Crippen molar-refractivity contribution >= 4 is 21.6 Å². The fraction of sp³-hybridized carbons (Fsp3) is 0.316. The minimum absolute atomic E-state index is 0.182. The van der Waals surface area contributed by atoms with Crippen LogP contribution in [0.4, 0.5) is 10.1 Å². The molecule has 0 unspecified atom stereocenters. The van der Waals surface area contributed by atoms with Gasteiger partial charge in [-0.15, -0.1) is 0 Å². The monoisotopic (exact) mass is 376 g/mol. The average molecular weight is 376 g/mol. The van der Waals surface area contributed by atoms with Gasteiger partial charge in [0.2, 0.25) is 15.9 Å². The molecule has 0 saturated carbocycles. The van der Waals surface area contributed by atoms with Gasteiger partial charge in [-0.25, -0.2) is 12.8 Å². The number of hydrogen-bond acceptors (Lipinski definition) is 3. The van der Waals surface area contributed by atoms with Crippen LogP contribution in [-0.2, 0) is 14.8 Å². The Bertz CT molecular complexity index is 973. The zero-order valence-corrected chi connectivity index (χ0v) is 15.7. The summed E-state index contributed by atoms with van der Waals surface area (Å²) in [5, 5.41) is 0. The first-order chi connectivity index (χ1) is 12.2. The van der Waals surface area contributed by atoms with E-state index in [1.165, 1.54) is 17.0 Å². The van der Waals surface area contributed by atoms with Gasteiger partial charge < -0.3 is 4.90 Å². The zero-order valence-electron chi connectivity index (χ0n) is 14.9. The van der Waals surface area contributed by atoms with Crippen molar-refractivity contribution in [3.05, 3.63) is 58.9 Å². The van der Waals surface area contributed by atoms with Gasteiger partial charge in [-0.05, 0) is 68.1 Å². The SMILES string of the molecule is Cc1ccc(C)c(S(=O)(=O)N[C@@H]2CCN(c3ccc(F)c(C)c3)C2=O)c1. The first kappa shape index (κ1) is 18.5. The molecule has 3 rings (SSSR count). The van der Waals surface area contributed by atoms with Crippen molar-refractivity contribution in [2.45, 2.75) is 38.1 Å². The lowest BCUT2D eigenvalue weighted by atomic mass is 10.2. The molecule has 0 aliphatic carbocycles. The molecular formula is C19H21FN2O3S. The van der Waals surface area contributed by atoms with Crippen molar-refractivity contribution in [2.24, 2.45) is 0 Å². The number of sulfonamides is 1. The number of amides is 1. The molecule has 26 heavy (non-hydrogen) atoms. The third-order valence-electron chi connectivity index (χ3n) is 4.59. The van der Waals surface area contributed by atoms with E-state index in [0.29, 0.717) is 29.8 Å². The highest BCUT2D eigenvalue weighted by atomic mass is 32.2. The number of rotatable bonds is 4. The van der Waals surface area contributed by atoms with Gasteiger partial charge in [-0.2, -0.15) is 4.72 Å². The molecule has 0 bridgehead atoms. The molecule has 7 heteroatoms. The van der Waals surface area contributed by atoms with Crippen molar-refractivity contribution in [3.63, 3.8) is 0 Å². The molecule has 138 valence electrons. The van der Waals surface area contributed by atoms with Gasteiger partial charge in [0.1, 0.15) is 11.9 Å². The molecule has 1 atom stereocenters. The molecule has 1 heterocycles. The molecule has 1 fully saturated rings. The summed E-state index contributed by atoms with van der Waals surface area (Å²) in [5.41, 5.74) is 2.47. The molecule has 1 aliphatic heterocycles. The van der Waals surface area contributed by atoms with Gasteiger partial charge in [0, 0.05) is 12.2 Å². The van der Waals surface area contributed by atoms with Crippen molar-refractivity contribution in [3.8, 4) is 0 Å². The zero-order chi connectivity index (χ0) is 19.1. The minimum Gasteiger partial charge on any atom is -0.311 e. The molecular weight excluding hydrogens is 355 g/mol. The van der Waals surface area contributed by atoms with E-state index < -0.39 is 16.1 Å². The Morgan fingerprint density at radius 3 is 2.50 bits per heavy atom. The van der Waals surface area contributed by atoms with Gasteiger partial charge in [-0.3, -0.25) is 4.79 Å². The van der Waals surface area contributed by atoms with Crippen molar-refractivity contribution in [1.82, 2.24) is 4.72 Å². The lowest BCUT2D eigenvalue weighted by Crippen LogP contribution is -2.41. The molecule has 1 aliphatic rings. The van der Waals surface area contributed by atoms with Gasteiger partial charge in [0.15, 0.2) is 0 Å². The predicted octanol–water partition coefficient (Wildman–Crippen LogP) is 2.83. The maximum Gasteiger partial charge on any atom is 0.245 e. The van der Waals surface area contributed by atoms with Crippen LogP contribution in [0.15, 0.2) is 41.3 Å². The van der Waals surface area contributed by atoms with Crippen LogP contribution in [0, 0.1) is 26.6 Å². The molecule has 2 aromatic carbocycles. The average Bonchev–Trinajstić information content (AvgIpc) is 2.92. The van der Waals surface area contributed by atoms with Crippen LogP contribution in [-0.4, -0.2) is 26.9 Å². The number of aryl methyl sites for hydroxylation is 3. The summed E-state index contributed by atoms with van der Waals surface area (Å²) >= 11 is 0. The second-order valence-electron chi connectivity index (χ2n) is 6.65. The topological polar surface area (TPSA) is 66.5 Å². The highest BCUT2D eigenvalue weighted by Gasteiger charge is 2.36. The number of carbonyl (C=O) groups is 1. The highest BCUT2D eigenvalue weighted by molar-refractivity contribution is 7.89. The molecule has 1 saturated heterocycles. The van der Waals surface area contributed by atoms with Crippen molar-refractivity contribution in [1.29, 1.82) is 0 Å². The van der Waals surface area contributed by atoms with Gasteiger partial charge in [0.25, 0.3) is 0 Å². The van der Waals surface area contributed by atoms with E-state index in [1.54, 1.807) is 32.0 Å². The molecule has 5 nitrogen and oxygen atoms in total. The second kappa shape index (κ2) is 6.81. The van der Waals surface area contributed by atoms with E-state index in [1.807, 2.05) is 13.0 Å². The van der Waals surface area contributed by atoms with E-state index in [0.717, 1.165) is 5.56 Å². The molecule has 0 spiro atoms. The Morgan fingerprint density at radius 1 is 1.08 bits per heavy atom. The molecule has 2 aromatic rings. The predicted molar refractivity (Wildman–Crippen MR) is 98.1 cm³/mol. The highest BCUT2D eigenvalue weighted by Crippen LogP contribution is 2.25. The van der Waals surface area contributed by atoms with Crippen molar-refractivity contribution in [2.75, 3.05) is 11.4 Å². The van der Waals surface area contributed by atoms with Crippen LogP contribution in [0.5, 0.6) is 0 Å². The number of carbonyl (C=O) groups excluding carboxylic acids is 1. The molecule has 0 aromatic heterocycles. The second-order valence-corrected chi connectivity index (χ2v) is 8.34. The fourth-order valence-corrected chi connectivity index (χ4v) is 4.64. The van der Waals surface area contributed by atoms with E-state index in [-0.39, 0.29) is 16.6 Å². The third kappa shape index (κ3) is 3.50. The van der Waals surface area contributed by atoms with E-state index in [4.69, 9.17) is 0 Å². The number of benzene rings is 2. The quantitative estimate of drug-likeness (QED) is 0.892. The Hall–Kier alpha value is -2.25. The summed E-state index contributed by atoms with van der Waals surface area (Å²) in [6.45, 7) is 5.54. The number of nitrogens with one attached hydrogen (secondary N) is 1. The van der Waals surface area contributed by atoms with Crippen molar-refractivity contribution < 1.29 is 17.6 Å². The van der Waals surface area contributed by atoms with Crippen LogP contribution in [0.1, 0.15) is 23.1 Å². The summed E-state index contributed by atoms with van der Waals surface area (Å²) in [5.74, 6) is -0.669. The Kier molecular flexibility index (Phi) is 4.86. The molecule has 1 amide bonds. The Balaban J connectivity index is 1.82. The van der Waals surface area contributed by atoms with E-state index >= 15 is 0 Å². The minimum atomic E-state index is -3.81. The van der Waals surface area contributed by atoms with Gasteiger partial charge >= 0.3 is 0 Å². The van der Waals surface area contributed by atoms with Crippen LogP contribution in [0.3, 0.4) is 0 Å². The summed E-state index contributed by atoms with van der Waals surface area (Å²) < 4.78 is 41.4. The fourth-order valence-electron chi connectivity index (χ4n) is 3.09. The number of halogens is 1. The maximum atomic E-state index is 13.4. The van der Waals surface area contributed by atoms with Gasteiger partial charge in [0.05, 0.1) is 4.90 Å². The first-order valence-corrected chi connectivity index (χ1v) is 9.84. The largest absolute Gasteiger partial charge is 0.311 e. The Labute approximate surface area is 152 Å². The summed E-state index contributed by atoms with van der Waals surface area (Å²) in [7, 11) is -3.81. The lowest BCUT2D eigenvalue weighted by Gasteiger charge is -2.18. The number of anilines is 1. The first-order valence-electron chi connectivity index (χ1n) is 8.36. The maximum absolute atomic E-state index is 13.4. The summed E-state index contributed by atoms with van der Waals surface area (Å²) in [6, 6.07) is 8.78. The number of nitrogens with zero attached hydrogens (tertiary/aromatic N) is 1. The van der Waals surface area contributed by atoms with E-state index in [9.17, 15) is 17.6 Å². The summed E-state index contributed by atoms with van der Waals surface area (Å²) in [4.78, 5) is 14.3. The van der Waals surface area contributed by atoms with Crippen LogP contribution in [0.25, 0.3) is 0 Å². The molecule has 1 N–H and O–H groups in total. The lowest BCUT2D eigenvalue weighted by molar-refractivity contribution is -0.118. The third-order valence-corrected chi connectivity index (χ3v) is 6.20. The van der Waals surface area contributed by atoms with Crippen LogP contribution >= 0.6 is 0 Å². The summed E-state index contributed by atoms with van der Waals surface area (Å²) in [6.07, 6.45) is 0.360. The number of hydrogen-bond donors (Lipinski definition) is 1.